The Morgan fingerprint density at radius 3 is 2.61 bits per heavy atom. The van der Waals surface area contributed by atoms with Gasteiger partial charge in [-0.15, -0.1) is 10.2 Å². The molecule has 1 aliphatic carbocycles. The van der Waals surface area contributed by atoms with Crippen molar-refractivity contribution in [3.63, 3.8) is 0 Å². The summed E-state index contributed by atoms with van der Waals surface area (Å²) < 4.78 is 7.94. The normalized spacial score (nSPS) is 15.6. The topological polar surface area (TPSA) is 69.0 Å². The molecule has 1 fully saturated rings. The number of carbonyl (C=O) groups is 1. The van der Waals surface area contributed by atoms with Crippen LogP contribution in [0.4, 0.5) is 0 Å². The second-order valence-electron chi connectivity index (χ2n) is 7.37. The molecule has 3 rings (SSSR count). The summed E-state index contributed by atoms with van der Waals surface area (Å²) in [7, 11) is 1.89. The van der Waals surface area contributed by atoms with Gasteiger partial charge in [-0.3, -0.25) is 4.79 Å². The van der Waals surface area contributed by atoms with Crippen LogP contribution in [0, 0.1) is 13.8 Å². The summed E-state index contributed by atoms with van der Waals surface area (Å²) in [5.41, 5.74) is 1.96. The van der Waals surface area contributed by atoms with Gasteiger partial charge in [0.25, 0.3) is 0 Å². The molecule has 1 atom stereocenters. The molecular weight excluding hydrogens is 396 g/mol. The van der Waals surface area contributed by atoms with Crippen molar-refractivity contribution in [2.45, 2.75) is 63.8 Å². The Morgan fingerprint density at radius 1 is 1.32 bits per heavy atom. The van der Waals surface area contributed by atoms with E-state index in [0.29, 0.717) is 22.8 Å². The largest absolute Gasteiger partial charge is 0.483 e. The van der Waals surface area contributed by atoms with Crippen LogP contribution in [0.15, 0.2) is 17.3 Å². The van der Waals surface area contributed by atoms with E-state index in [1.54, 1.807) is 0 Å². The number of halogens is 1. The average Bonchev–Trinajstić information content (AvgIpc) is 3.27. The van der Waals surface area contributed by atoms with Crippen molar-refractivity contribution < 1.29 is 9.53 Å². The minimum absolute atomic E-state index is 0.0536. The van der Waals surface area contributed by atoms with Gasteiger partial charge in [0.05, 0.1) is 5.75 Å². The second-order valence-corrected chi connectivity index (χ2v) is 8.69. The van der Waals surface area contributed by atoms with Crippen molar-refractivity contribution in [3.8, 4) is 5.75 Å². The molecule has 1 saturated carbocycles. The van der Waals surface area contributed by atoms with Crippen LogP contribution in [0.25, 0.3) is 0 Å². The summed E-state index contributed by atoms with van der Waals surface area (Å²) in [6.07, 6.45) is 4.30. The molecule has 1 amide bonds. The number of aromatic nitrogens is 3. The summed E-state index contributed by atoms with van der Waals surface area (Å²) in [5, 5.41) is 13.0. The molecule has 8 heteroatoms. The number of hydrogen-bond acceptors (Lipinski definition) is 5. The Kier molecular flexibility index (Phi) is 6.88. The van der Waals surface area contributed by atoms with Crippen LogP contribution in [0.3, 0.4) is 0 Å². The van der Waals surface area contributed by atoms with Crippen LogP contribution in [0.5, 0.6) is 5.75 Å². The standard InChI is InChI=1S/C20H27ClN4O2S/c1-12-9-16(10-13(2)18(12)21)27-14(3)19-23-24-20(25(19)4)28-11-17(26)22-15-7-5-6-8-15/h9-10,14-15H,5-8,11H2,1-4H3,(H,22,26). The van der Waals surface area contributed by atoms with Crippen molar-refractivity contribution >= 4 is 29.3 Å². The maximum absolute atomic E-state index is 12.1. The first-order valence-corrected chi connectivity index (χ1v) is 11.0. The van der Waals surface area contributed by atoms with E-state index in [2.05, 4.69) is 15.5 Å². The molecule has 0 aliphatic heterocycles. The van der Waals surface area contributed by atoms with Gasteiger partial charge in [0.1, 0.15) is 5.75 Å². The quantitative estimate of drug-likeness (QED) is 0.670. The molecule has 1 aromatic heterocycles. The maximum Gasteiger partial charge on any atom is 0.230 e. The Labute approximate surface area is 175 Å². The number of nitrogens with zero attached hydrogens (tertiary/aromatic N) is 3. The zero-order valence-corrected chi connectivity index (χ0v) is 18.4. The van der Waals surface area contributed by atoms with Gasteiger partial charge in [0.2, 0.25) is 5.91 Å². The molecule has 1 N–H and O–H groups in total. The van der Waals surface area contributed by atoms with Crippen LogP contribution in [-0.2, 0) is 11.8 Å². The molecule has 1 aliphatic rings. The maximum atomic E-state index is 12.1. The van der Waals surface area contributed by atoms with Crippen LogP contribution in [-0.4, -0.2) is 32.5 Å². The highest BCUT2D eigenvalue weighted by Gasteiger charge is 2.20. The summed E-state index contributed by atoms with van der Waals surface area (Å²) in [5.74, 6) is 1.86. The highest BCUT2D eigenvalue weighted by Crippen LogP contribution is 2.29. The zero-order chi connectivity index (χ0) is 20.3. The Bertz CT molecular complexity index is 826. The number of aryl methyl sites for hydroxylation is 2. The predicted molar refractivity (Wildman–Crippen MR) is 112 cm³/mol. The van der Waals surface area contributed by atoms with Crippen molar-refractivity contribution in [3.05, 3.63) is 34.1 Å². The Balaban J connectivity index is 1.59. The van der Waals surface area contributed by atoms with E-state index in [1.165, 1.54) is 24.6 Å². The number of hydrogen-bond donors (Lipinski definition) is 1. The van der Waals surface area contributed by atoms with E-state index in [4.69, 9.17) is 16.3 Å². The number of benzene rings is 1. The molecule has 0 bridgehead atoms. The third-order valence-electron chi connectivity index (χ3n) is 5.01. The summed E-state index contributed by atoms with van der Waals surface area (Å²) >= 11 is 7.62. The minimum Gasteiger partial charge on any atom is -0.483 e. The summed E-state index contributed by atoms with van der Waals surface area (Å²) in [4.78, 5) is 12.1. The molecule has 0 radical (unpaired) electrons. The van der Waals surface area contributed by atoms with Gasteiger partial charge < -0.3 is 14.6 Å². The molecular formula is C20H27ClN4O2S. The Morgan fingerprint density at radius 2 is 1.96 bits per heavy atom. The first kappa shape index (κ1) is 21.0. The van der Waals surface area contributed by atoms with E-state index in [0.717, 1.165) is 34.7 Å². The number of amides is 1. The first-order valence-electron chi connectivity index (χ1n) is 9.60. The average molecular weight is 423 g/mol. The monoisotopic (exact) mass is 422 g/mol. The Hall–Kier alpha value is -1.73. The molecule has 1 heterocycles. The lowest BCUT2D eigenvalue weighted by Gasteiger charge is -2.16. The van der Waals surface area contributed by atoms with Gasteiger partial charge in [-0.2, -0.15) is 0 Å². The molecule has 2 aromatic rings. The number of rotatable bonds is 7. The van der Waals surface area contributed by atoms with Crippen molar-refractivity contribution in [2.24, 2.45) is 7.05 Å². The number of nitrogens with one attached hydrogen (secondary N) is 1. The van der Waals surface area contributed by atoms with Gasteiger partial charge in [-0.05, 0) is 56.9 Å². The molecule has 6 nitrogen and oxygen atoms in total. The minimum atomic E-state index is -0.279. The third-order valence-corrected chi connectivity index (χ3v) is 6.62. The molecule has 28 heavy (non-hydrogen) atoms. The lowest BCUT2D eigenvalue weighted by atomic mass is 10.1. The van der Waals surface area contributed by atoms with Gasteiger partial charge >= 0.3 is 0 Å². The van der Waals surface area contributed by atoms with Crippen molar-refractivity contribution in [1.82, 2.24) is 20.1 Å². The van der Waals surface area contributed by atoms with Crippen LogP contribution >= 0.6 is 23.4 Å². The first-order chi connectivity index (χ1) is 13.3. The van der Waals surface area contributed by atoms with E-state index >= 15 is 0 Å². The fourth-order valence-corrected chi connectivity index (χ4v) is 4.34. The molecule has 0 spiro atoms. The van der Waals surface area contributed by atoms with Crippen molar-refractivity contribution in [2.75, 3.05) is 5.75 Å². The van der Waals surface area contributed by atoms with Crippen LogP contribution < -0.4 is 10.1 Å². The third kappa shape index (κ3) is 5.00. The van der Waals surface area contributed by atoms with E-state index in [1.807, 2.05) is 44.5 Å². The summed E-state index contributed by atoms with van der Waals surface area (Å²) in [6.45, 7) is 5.85. The van der Waals surface area contributed by atoms with Gasteiger partial charge in [0.15, 0.2) is 17.1 Å². The lowest BCUT2D eigenvalue weighted by molar-refractivity contribution is -0.119. The predicted octanol–water partition coefficient (Wildman–Crippen LogP) is 4.38. The number of thioether (sulfide) groups is 1. The highest BCUT2D eigenvalue weighted by molar-refractivity contribution is 7.99. The zero-order valence-electron chi connectivity index (χ0n) is 16.8. The SMILES string of the molecule is Cc1cc(OC(C)c2nnc(SCC(=O)NC3CCCC3)n2C)cc(C)c1Cl. The van der Waals surface area contributed by atoms with E-state index in [9.17, 15) is 4.79 Å². The molecule has 152 valence electrons. The smallest absolute Gasteiger partial charge is 0.230 e. The summed E-state index contributed by atoms with van der Waals surface area (Å²) in [6, 6.07) is 4.18. The van der Waals surface area contributed by atoms with E-state index in [-0.39, 0.29) is 12.0 Å². The lowest BCUT2D eigenvalue weighted by Crippen LogP contribution is -2.33. The van der Waals surface area contributed by atoms with Gasteiger partial charge in [-0.1, -0.05) is 36.2 Å². The fraction of sp³-hybridized carbons (Fsp3) is 0.550. The van der Waals surface area contributed by atoms with Crippen molar-refractivity contribution in [1.29, 1.82) is 0 Å². The van der Waals surface area contributed by atoms with Gasteiger partial charge in [0, 0.05) is 18.1 Å². The number of carbonyl (C=O) groups excluding carboxylic acids is 1. The van der Waals surface area contributed by atoms with E-state index < -0.39 is 0 Å². The van der Waals surface area contributed by atoms with Gasteiger partial charge in [-0.25, -0.2) is 0 Å². The fourth-order valence-electron chi connectivity index (χ4n) is 3.51. The van der Waals surface area contributed by atoms with Crippen LogP contribution in [0.1, 0.15) is 55.7 Å². The molecule has 1 unspecified atom stereocenters. The van der Waals surface area contributed by atoms with Crippen LogP contribution in [0.2, 0.25) is 5.02 Å². The highest BCUT2D eigenvalue weighted by atomic mass is 35.5. The molecule has 1 aromatic carbocycles. The second kappa shape index (κ2) is 9.18. The molecule has 0 saturated heterocycles. The number of ether oxygens (including phenoxy) is 1.